The topological polar surface area (TPSA) is 84.0 Å². The molecule has 0 radical (unpaired) electrons. The summed E-state index contributed by atoms with van der Waals surface area (Å²) in [5, 5.41) is 6.38. The lowest BCUT2D eigenvalue weighted by Crippen LogP contribution is -2.21. The van der Waals surface area contributed by atoms with Crippen LogP contribution < -0.4 is 10.6 Å². The molecule has 1 aromatic heterocycles. The average Bonchev–Trinajstić information content (AvgIpc) is 2.82. The second-order valence-electron chi connectivity index (χ2n) is 5.62. The van der Waals surface area contributed by atoms with E-state index in [1.807, 2.05) is 25.1 Å². The molecular weight excluding hydrogens is 380 g/mol. The standard InChI is InChI=1S/C15H17BrN4O2S/c1-10-2-3-11(6-13(10)16)19-14-7-15(18-9-17-14)20-12-4-5-23(21,22)8-12/h2-3,6-7,9,12H,4-5,8H2,1H3,(H2,17,18,19,20). The zero-order chi connectivity index (χ0) is 16.4. The molecule has 0 amide bonds. The second kappa shape index (κ2) is 6.45. The highest BCUT2D eigenvalue weighted by Crippen LogP contribution is 2.24. The maximum atomic E-state index is 11.5. The fraction of sp³-hybridized carbons (Fsp3) is 0.333. The van der Waals surface area contributed by atoms with Gasteiger partial charge in [0.25, 0.3) is 0 Å². The molecule has 1 atom stereocenters. The number of nitrogens with zero attached hydrogens (tertiary/aromatic N) is 2. The quantitative estimate of drug-likeness (QED) is 0.826. The summed E-state index contributed by atoms with van der Waals surface area (Å²) in [6.45, 7) is 2.02. The van der Waals surface area contributed by atoms with E-state index in [-0.39, 0.29) is 17.5 Å². The maximum absolute atomic E-state index is 11.5. The van der Waals surface area contributed by atoms with Crippen molar-refractivity contribution in [1.82, 2.24) is 9.97 Å². The minimum Gasteiger partial charge on any atom is -0.366 e. The Hall–Kier alpha value is -1.67. The van der Waals surface area contributed by atoms with Crippen LogP contribution in [0.5, 0.6) is 0 Å². The van der Waals surface area contributed by atoms with Crippen LogP contribution in [0.25, 0.3) is 0 Å². The second-order valence-corrected chi connectivity index (χ2v) is 8.70. The summed E-state index contributed by atoms with van der Waals surface area (Å²) in [6, 6.07) is 7.65. The third kappa shape index (κ3) is 4.20. The van der Waals surface area contributed by atoms with Gasteiger partial charge in [-0.05, 0) is 31.0 Å². The first kappa shape index (κ1) is 16.2. The van der Waals surface area contributed by atoms with Gasteiger partial charge in [0.2, 0.25) is 0 Å². The van der Waals surface area contributed by atoms with Crippen molar-refractivity contribution in [3.63, 3.8) is 0 Å². The molecular formula is C15H17BrN4O2S. The zero-order valence-corrected chi connectivity index (χ0v) is 15.0. The van der Waals surface area contributed by atoms with Crippen LogP contribution >= 0.6 is 15.9 Å². The molecule has 122 valence electrons. The van der Waals surface area contributed by atoms with E-state index in [1.165, 1.54) is 6.33 Å². The van der Waals surface area contributed by atoms with Crippen molar-refractivity contribution in [3.8, 4) is 0 Å². The number of anilines is 3. The molecule has 1 aliphatic rings. The summed E-state index contributed by atoms with van der Waals surface area (Å²) in [5.74, 6) is 1.66. The Morgan fingerprint density at radius 3 is 2.70 bits per heavy atom. The molecule has 0 spiro atoms. The van der Waals surface area contributed by atoms with Crippen LogP contribution in [0.3, 0.4) is 0 Å². The molecule has 1 aliphatic heterocycles. The number of rotatable bonds is 4. The number of aromatic nitrogens is 2. The van der Waals surface area contributed by atoms with Crippen molar-refractivity contribution in [2.75, 3.05) is 22.1 Å². The summed E-state index contributed by atoms with van der Waals surface area (Å²) < 4.78 is 24.0. The van der Waals surface area contributed by atoms with Gasteiger partial charge in [-0.25, -0.2) is 18.4 Å². The van der Waals surface area contributed by atoms with Crippen LogP contribution in [-0.2, 0) is 9.84 Å². The smallest absolute Gasteiger partial charge is 0.152 e. The van der Waals surface area contributed by atoms with Gasteiger partial charge in [0, 0.05) is 22.3 Å². The van der Waals surface area contributed by atoms with Gasteiger partial charge in [0.1, 0.15) is 18.0 Å². The molecule has 8 heteroatoms. The molecule has 0 saturated carbocycles. The minimum absolute atomic E-state index is 0.0868. The van der Waals surface area contributed by atoms with Gasteiger partial charge in [-0.15, -0.1) is 0 Å². The van der Waals surface area contributed by atoms with Gasteiger partial charge in [0.15, 0.2) is 9.84 Å². The van der Waals surface area contributed by atoms with Crippen LogP contribution in [-0.4, -0.2) is 35.9 Å². The predicted octanol–water partition coefficient (Wildman–Crippen LogP) is 2.89. The Morgan fingerprint density at radius 2 is 2.00 bits per heavy atom. The average molecular weight is 397 g/mol. The van der Waals surface area contributed by atoms with Gasteiger partial charge in [-0.2, -0.15) is 0 Å². The molecule has 1 aromatic carbocycles. The lowest BCUT2D eigenvalue weighted by Gasteiger charge is -2.13. The minimum atomic E-state index is -2.91. The van der Waals surface area contributed by atoms with Crippen LogP contribution in [0.4, 0.5) is 17.3 Å². The van der Waals surface area contributed by atoms with Crippen LogP contribution in [0, 0.1) is 6.92 Å². The molecule has 0 aliphatic carbocycles. The van der Waals surface area contributed by atoms with Gasteiger partial charge in [-0.3, -0.25) is 0 Å². The van der Waals surface area contributed by atoms with Gasteiger partial charge in [-0.1, -0.05) is 22.0 Å². The molecule has 2 heterocycles. The van der Waals surface area contributed by atoms with Gasteiger partial charge in [0.05, 0.1) is 11.5 Å². The largest absolute Gasteiger partial charge is 0.366 e. The Morgan fingerprint density at radius 1 is 1.22 bits per heavy atom. The highest BCUT2D eigenvalue weighted by molar-refractivity contribution is 9.10. The number of benzene rings is 1. The summed E-state index contributed by atoms with van der Waals surface area (Å²) in [5.41, 5.74) is 2.07. The van der Waals surface area contributed by atoms with Gasteiger partial charge < -0.3 is 10.6 Å². The van der Waals surface area contributed by atoms with E-state index in [0.29, 0.717) is 18.1 Å². The van der Waals surface area contributed by atoms with Crippen molar-refractivity contribution in [1.29, 1.82) is 0 Å². The monoisotopic (exact) mass is 396 g/mol. The summed E-state index contributed by atoms with van der Waals surface area (Å²) in [7, 11) is -2.91. The van der Waals surface area contributed by atoms with Crippen molar-refractivity contribution < 1.29 is 8.42 Å². The number of sulfone groups is 1. The van der Waals surface area contributed by atoms with E-state index in [9.17, 15) is 8.42 Å². The molecule has 2 aromatic rings. The molecule has 6 nitrogen and oxygen atoms in total. The number of hydrogen-bond donors (Lipinski definition) is 2. The molecule has 1 saturated heterocycles. The Balaban J connectivity index is 1.71. The highest BCUT2D eigenvalue weighted by Gasteiger charge is 2.27. The van der Waals surface area contributed by atoms with Crippen LogP contribution in [0.15, 0.2) is 35.1 Å². The van der Waals surface area contributed by atoms with E-state index in [2.05, 4.69) is 36.5 Å². The van der Waals surface area contributed by atoms with E-state index in [1.54, 1.807) is 6.07 Å². The van der Waals surface area contributed by atoms with Crippen molar-refractivity contribution >= 4 is 43.1 Å². The number of halogens is 1. The van der Waals surface area contributed by atoms with Crippen molar-refractivity contribution in [2.24, 2.45) is 0 Å². The molecule has 3 rings (SSSR count). The third-order valence-corrected chi connectivity index (χ3v) is 6.32. The molecule has 23 heavy (non-hydrogen) atoms. The molecule has 1 unspecified atom stereocenters. The van der Waals surface area contributed by atoms with Crippen LogP contribution in [0.2, 0.25) is 0 Å². The number of aryl methyl sites for hydroxylation is 1. The van der Waals surface area contributed by atoms with Crippen molar-refractivity contribution in [2.45, 2.75) is 19.4 Å². The predicted molar refractivity (Wildman–Crippen MR) is 94.9 cm³/mol. The molecule has 1 fully saturated rings. The van der Waals surface area contributed by atoms with Crippen molar-refractivity contribution in [3.05, 3.63) is 40.6 Å². The number of nitrogens with one attached hydrogen (secondary N) is 2. The summed E-state index contributed by atoms with van der Waals surface area (Å²) in [6.07, 6.45) is 2.07. The fourth-order valence-corrected chi connectivity index (χ4v) is 4.49. The van der Waals surface area contributed by atoms with Gasteiger partial charge >= 0.3 is 0 Å². The summed E-state index contributed by atoms with van der Waals surface area (Å²) in [4.78, 5) is 8.35. The van der Waals surface area contributed by atoms with E-state index >= 15 is 0 Å². The number of hydrogen-bond acceptors (Lipinski definition) is 6. The third-order valence-electron chi connectivity index (χ3n) is 3.70. The Kier molecular flexibility index (Phi) is 4.54. The van der Waals surface area contributed by atoms with E-state index in [0.717, 1.165) is 15.7 Å². The Labute approximate surface area is 143 Å². The van der Waals surface area contributed by atoms with Crippen LogP contribution in [0.1, 0.15) is 12.0 Å². The highest BCUT2D eigenvalue weighted by atomic mass is 79.9. The van der Waals surface area contributed by atoms with E-state index in [4.69, 9.17) is 0 Å². The first-order valence-electron chi connectivity index (χ1n) is 7.23. The lowest BCUT2D eigenvalue weighted by atomic mass is 10.2. The SMILES string of the molecule is Cc1ccc(Nc2cc(NC3CCS(=O)(=O)C3)ncn2)cc1Br. The summed E-state index contributed by atoms with van der Waals surface area (Å²) >= 11 is 3.50. The Bertz CT molecular complexity index is 826. The maximum Gasteiger partial charge on any atom is 0.152 e. The van der Waals surface area contributed by atoms with E-state index < -0.39 is 9.84 Å². The normalized spacial score (nSPS) is 19.5. The lowest BCUT2D eigenvalue weighted by molar-refractivity contribution is 0.602. The molecule has 2 N–H and O–H groups in total. The first-order valence-corrected chi connectivity index (χ1v) is 9.85. The first-order chi connectivity index (χ1) is 10.9. The zero-order valence-electron chi connectivity index (χ0n) is 12.6. The fourth-order valence-electron chi connectivity index (χ4n) is 2.44. The molecule has 0 bridgehead atoms.